The van der Waals surface area contributed by atoms with Gasteiger partial charge in [0.2, 0.25) is 0 Å². The van der Waals surface area contributed by atoms with Crippen molar-refractivity contribution >= 4 is 0 Å². The number of aryl methyl sites for hydroxylation is 2. The van der Waals surface area contributed by atoms with E-state index in [4.69, 9.17) is 4.52 Å². The summed E-state index contributed by atoms with van der Waals surface area (Å²) in [5.74, 6) is 1.40. The molecule has 1 aromatic rings. The van der Waals surface area contributed by atoms with Gasteiger partial charge in [-0.05, 0) is 46.1 Å². The van der Waals surface area contributed by atoms with Crippen LogP contribution in [0.4, 0.5) is 0 Å². The monoisotopic (exact) mass is 292 g/mol. The van der Waals surface area contributed by atoms with E-state index in [2.05, 4.69) is 10.1 Å². The Morgan fingerprint density at radius 3 is 2.62 bits per heavy atom. The minimum atomic E-state index is -0.103. The highest BCUT2D eigenvalue weighted by atomic mass is 16.5. The molecule has 118 valence electrons. The van der Waals surface area contributed by atoms with E-state index in [0.29, 0.717) is 12.0 Å². The maximum atomic E-state index is 10.4. The molecule has 0 bridgehead atoms. The first kappa shape index (κ1) is 15.0. The smallest absolute Gasteiger partial charge is 0.138 e. The highest BCUT2D eigenvalue weighted by molar-refractivity contribution is 5.20. The minimum Gasteiger partial charge on any atom is -0.393 e. The third-order valence-electron chi connectivity index (χ3n) is 5.48. The van der Waals surface area contributed by atoms with Crippen LogP contribution in [-0.4, -0.2) is 33.9 Å². The predicted octanol–water partition coefficient (Wildman–Crippen LogP) is 3.20. The molecule has 3 rings (SSSR count). The highest BCUT2D eigenvalue weighted by Crippen LogP contribution is 2.35. The summed E-state index contributed by atoms with van der Waals surface area (Å²) in [6, 6.07) is 0.530. The number of rotatable bonds is 3. The lowest BCUT2D eigenvalue weighted by Crippen LogP contribution is -2.48. The fourth-order valence-corrected chi connectivity index (χ4v) is 4.22. The van der Waals surface area contributed by atoms with Gasteiger partial charge in [-0.15, -0.1) is 0 Å². The fraction of sp³-hybridized carbons (Fsp3) is 0.824. The van der Waals surface area contributed by atoms with Crippen LogP contribution >= 0.6 is 0 Å². The summed E-state index contributed by atoms with van der Waals surface area (Å²) in [5.41, 5.74) is 2.26. The second-order valence-electron chi connectivity index (χ2n) is 6.85. The van der Waals surface area contributed by atoms with Gasteiger partial charge in [0, 0.05) is 24.1 Å². The Kier molecular flexibility index (Phi) is 4.65. The van der Waals surface area contributed by atoms with Gasteiger partial charge in [-0.25, -0.2) is 0 Å². The van der Waals surface area contributed by atoms with Gasteiger partial charge >= 0.3 is 0 Å². The number of nitrogens with zero attached hydrogens (tertiary/aromatic N) is 2. The SMILES string of the molecule is Cc1noc(C)c1CN1CCCCC1C1CCCCC1O. The predicted molar refractivity (Wildman–Crippen MR) is 82.0 cm³/mol. The van der Waals surface area contributed by atoms with E-state index in [9.17, 15) is 5.11 Å². The van der Waals surface area contributed by atoms with Crippen LogP contribution in [0, 0.1) is 19.8 Å². The van der Waals surface area contributed by atoms with Crippen molar-refractivity contribution in [2.45, 2.75) is 77.5 Å². The largest absolute Gasteiger partial charge is 0.393 e. The topological polar surface area (TPSA) is 49.5 Å². The van der Waals surface area contributed by atoms with Crippen LogP contribution in [0.2, 0.25) is 0 Å². The normalized spacial score (nSPS) is 31.5. The third kappa shape index (κ3) is 3.16. The lowest BCUT2D eigenvalue weighted by molar-refractivity contribution is -0.00877. The summed E-state index contributed by atoms with van der Waals surface area (Å²) >= 11 is 0. The summed E-state index contributed by atoms with van der Waals surface area (Å²) < 4.78 is 5.31. The molecule has 1 saturated carbocycles. The molecule has 0 spiro atoms. The number of likely N-dealkylation sites (tertiary alicyclic amines) is 1. The molecule has 1 N–H and O–H groups in total. The third-order valence-corrected chi connectivity index (χ3v) is 5.48. The Labute approximate surface area is 127 Å². The summed E-state index contributed by atoms with van der Waals surface area (Å²) in [6.45, 7) is 6.09. The molecule has 1 aromatic heterocycles. The van der Waals surface area contributed by atoms with E-state index >= 15 is 0 Å². The van der Waals surface area contributed by atoms with Crippen LogP contribution in [0.5, 0.6) is 0 Å². The van der Waals surface area contributed by atoms with Crippen LogP contribution in [0.1, 0.15) is 62.0 Å². The van der Waals surface area contributed by atoms with Gasteiger partial charge in [0.05, 0.1) is 11.8 Å². The van der Waals surface area contributed by atoms with E-state index < -0.39 is 0 Å². The number of hydrogen-bond donors (Lipinski definition) is 1. The molecule has 2 heterocycles. The first-order valence-electron chi connectivity index (χ1n) is 8.50. The number of aromatic nitrogens is 1. The summed E-state index contributed by atoms with van der Waals surface area (Å²) in [5, 5.41) is 14.5. The van der Waals surface area contributed by atoms with Crippen molar-refractivity contribution in [3.8, 4) is 0 Å². The van der Waals surface area contributed by atoms with Crippen LogP contribution < -0.4 is 0 Å². The van der Waals surface area contributed by atoms with Crippen LogP contribution in [0.3, 0.4) is 0 Å². The van der Waals surface area contributed by atoms with Gasteiger partial charge in [-0.3, -0.25) is 4.90 Å². The molecule has 21 heavy (non-hydrogen) atoms. The summed E-state index contributed by atoms with van der Waals surface area (Å²) in [4.78, 5) is 2.58. The van der Waals surface area contributed by atoms with E-state index in [1.165, 1.54) is 44.1 Å². The van der Waals surface area contributed by atoms with Gasteiger partial charge < -0.3 is 9.63 Å². The molecule has 1 saturated heterocycles. The second-order valence-corrected chi connectivity index (χ2v) is 6.85. The molecule has 2 fully saturated rings. The quantitative estimate of drug-likeness (QED) is 0.929. The second kappa shape index (κ2) is 6.49. The molecule has 0 radical (unpaired) electrons. The Hall–Kier alpha value is -0.870. The first-order chi connectivity index (χ1) is 10.2. The first-order valence-corrected chi connectivity index (χ1v) is 8.50. The maximum absolute atomic E-state index is 10.4. The van der Waals surface area contributed by atoms with Crippen molar-refractivity contribution in [3.05, 3.63) is 17.0 Å². The Bertz CT molecular complexity index is 452. The van der Waals surface area contributed by atoms with Gasteiger partial charge in [0.25, 0.3) is 0 Å². The number of aliphatic hydroxyl groups excluding tert-OH is 1. The molecule has 3 atom stereocenters. The fourth-order valence-electron chi connectivity index (χ4n) is 4.22. The molecule has 0 amide bonds. The lowest BCUT2D eigenvalue weighted by atomic mass is 9.78. The average Bonchev–Trinajstić information content (AvgIpc) is 2.81. The van der Waals surface area contributed by atoms with E-state index in [1.54, 1.807) is 0 Å². The van der Waals surface area contributed by atoms with E-state index in [0.717, 1.165) is 31.0 Å². The van der Waals surface area contributed by atoms with Crippen LogP contribution in [0.25, 0.3) is 0 Å². The molecular weight excluding hydrogens is 264 g/mol. The number of aliphatic hydroxyl groups is 1. The van der Waals surface area contributed by atoms with Crippen molar-refractivity contribution in [2.75, 3.05) is 6.54 Å². The van der Waals surface area contributed by atoms with Crippen molar-refractivity contribution in [2.24, 2.45) is 5.92 Å². The molecule has 1 aliphatic heterocycles. The Balaban J connectivity index is 1.75. The van der Waals surface area contributed by atoms with E-state index in [-0.39, 0.29) is 6.10 Å². The lowest BCUT2D eigenvalue weighted by Gasteiger charge is -2.43. The Morgan fingerprint density at radius 2 is 1.90 bits per heavy atom. The zero-order valence-electron chi connectivity index (χ0n) is 13.3. The molecule has 3 unspecified atom stereocenters. The van der Waals surface area contributed by atoms with Crippen molar-refractivity contribution in [1.82, 2.24) is 10.1 Å². The zero-order chi connectivity index (χ0) is 14.8. The van der Waals surface area contributed by atoms with Gasteiger partial charge in [-0.2, -0.15) is 0 Å². The average molecular weight is 292 g/mol. The summed E-state index contributed by atoms with van der Waals surface area (Å²) in [7, 11) is 0. The molecule has 0 aromatic carbocycles. The van der Waals surface area contributed by atoms with Crippen molar-refractivity contribution in [1.29, 1.82) is 0 Å². The number of hydrogen-bond acceptors (Lipinski definition) is 4. The minimum absolute atomic E-state index is 0.103. The van der Waals surface area contributed by atoms with Gasteiger partial charge in [-0.1, -0.05) is 24.4 Å². The molecule has 4 heteroatoms. The van der Waals surface area contributed by atoms with Gasteiger partial charge in [0.15, 0.2) is 0 Å². The molecular formula is C17H28N2O2. The van der Waals surface area contributed by atoms with Gasteiger partial charge in [0.1, 0.15) is 5.76 Å². The van der Waals surface area contributed by atoms with Crippen molar-refractivity contribution < 1.29 is 9.63 Å². The Morgan fingerprint density at radius 1 is 1.14 bits per heavy atom. The number of piperidine rings is 1. The van der Waals surface area contributed by atoms with Crippen LogP contribution in [-0.2, 0) is 6.54 Å². The summed E-state index contributed by atoms with van der Waals surface area (Å²) in [6.07, 6.45) is 8.32. The molecule has 1 aliphatic carbocycles. The maximum Gasteiger partial charge on any atom is 0.138 e. The highest BCUT2D eigenvalue weighted by Gasteiger charge is 2.36. The zero-order valence-corrected chi connectivity index (χ0v) is 13.3. The standard InChI is InChI=1S/C17H28N2O2/c1-12-15(13(2)21-18-12)11-19-10-6-5-8-16(19)14-7-3-4-9-17(14)20/h14,16-17,20H,3-11H2,1-2H3. The molecule has 2 aliphatic rings. The van der Waals surface area contributed by atoms with Crippen molar-refractivity contribution in [3.63, 3.8) is 0 Å². The molecule has 4 nitrogen and oxygen atoms in total. The van der Waals surface area contributed by atoms with E-state index in [1.807, 2.05) is 13.8 Å². The van der Waals surface area contributed by atoms with Crippen LogP contribution in [0.15, 0.2) is 4.52 Å².